The first-order valence-electron chi connectivity index (χ1n) is 9.77. The van der Waals surface area contributed by atoms with Crippen LogP contribution >= 0.6 is 0 Å². The van der Waals surface area contributed by atoms with Crippen molar-refractivity contribution in [1.29, 1.82) is 0 Å². The Hall–Kier alpha value is -2.34. The second-order valence-corrected chi connectivity index (χ2v) is 7.15. The van der Waals surface area contributed by atoms with Gasteiger partial charge in [-0.2, -0.15) is 0 Å². The lowest BCUT2D eigenvalue weighted by atomic mass is 10.1. The second kappa shape index (κ2) is 9.55. The Morgan fingerprint density at radius 3 is 2.74 bits per heavy atom. The highest BCUT2D eigenvalue weighted by Crippen LogP contribution is 2.21. The van der Waals surface area contributed by atoms with Gasteiger partial charge in [-0.3, -0.25) is 9.69 Å². The molecule has 2 heterocycles. The third-order valence-electron chi connectivity index (χ3n) is 4.87. The Balaban J connectivity index is 1.55. The molecule has 1 aromatic heterocycles. The van der Waals surface area contributed by atoms with E-state index in [0.29, 0.717) is 13.1 Å². The van der Waals surface area contributed by atoms with Crippen molar-refractivity contribution < 1.29 is 14.1 Å². The van der Waals surface area contributed by atoms with Crippen LogP contribution in [0.25, 0.3) is 0 Å². The van der Waals surface area contributed by atoms with Crippen molar-refractivity contribution in [2.45, 2.75) is 45.7 Å². The number of likely N-dealkylation sites (tertiary alicyclic amines) is 1. The molecular weight excluding hydrogens is 342 g/mol. The number of aryl methyl sites for hydroxylation is 1. The molecule has 1 aliphatic rings. The van der Waals surface area contributed by atoms with E-state index in [9.17, 15) is 4.79 Å². The standard InChI is InChI=1S/C21H29N3O3/c1-3-18-13-19(27-22-18)15-23(2)14-17-9-5-6-10-20(17)26-16-21(25)24-11-7-4-8-12-24/h5-6,9-10,13H,3-4,7-8,11-12,14-16H2,1-2H3. The number of aromatic nitrogens is 1. The van der Waals surface area contributed by atoms with E-state index in [0.717, 1.165) is 55.1 Å². The van der Waals surface area contributed by atoms with Gasteiger partial charge in [-0.1, -0.05) is 30.3 Å². The van der Waals surface area contributed by atoms with Crippen molar-refractivity contribution in [2.24, 2.45) is 0 Å². The Labute approximate surface area is 161 Å². The molecule has 0 saturated carbocycles. The van der Waals surface area contributed by atoms with Crippen molar-refractivity contribution in [3.63, 3.8) is 0 Å². The Morgan fingerprint density at radius 1 is 1.22 bits per heavy atom. The third-order valence-corrected chi connectivity index (χ3v) is 4.87. The summed E-state index contributed by atoms with van der Waals surface area (Å²) in [5, 5.41) is 4.04. The van der Waals surface area contributed by atoms with Crippen LogP contribution in [0.4, 0.5) is 0 Å². The summed E-state index contributed by atoms with van der Waals surface area (Å²) in [5.74, 6) is 1.70. The summed E-state index contributed by atoms with van der Waals surface area (Å²) in [7, 11) is 2.03. The second-order valence-electron chi connectivity index (χ2n) is 7.15. The molecule has 0 radical (unpaired) electrons. The topological polar surface area (TPSA) is 58.8 Å². The molecular formula is C21H29N3O3. The predicted molar refractivity (Wildman–Crippen MR) is 103 cm³/mol. The van der Waals surface area contributed by atoms with Crippen LogP contribution in [-0.2, 0) is 24.3 Å². The summed E-state index contributed by atoms with van der Waals surface area (Å²) in [6, 6.07) is 9.89. The van der Waals surface area contributed by atoms with Crippen LogP contribution in [0.15, 0.2) is 34.9 Å². The fourth-order valence-electron chi connectivity index (χ4n) is 3.36. The first-order chi connectivity index (χ1) is 13.2. The molecule has 6 heteroatoms. The number of rotatable bonds is 8. The van der Waals surface area contributed by atoms with E-state index in [-0.39, 0.29) is 12.5 Å². The molecule has 0 atom stereocenters. The molecule has 6 nitrogen and oxygen atoms in total. The van der Waals surface area contributed by atoms with Crippen molar-refractivity contribution in [2.75, 3.05) is 26.7 Å². The Morgan fingerprint density at radius 2 is 2.00 bits per heavy atom. The number of carbonyl (C=O) groups is 1. The van der Waals surface area contributed by atoms with Gasteiger partial charge in [-0.05, 0) is 38.8 Å². The quantitative estimate of drug-likeness (QED) is 0.713. The molecule has 0 N–H and O–H groups in total. The number of ether oxygens (including phenoxy) is 1. The molecule has 2 aromatic rings. The van der Waals surface area contributed by atoms with Crippen molar-refractivity contribution in [1.82, 2.24) is 15.0 Å². The SMILES string of the molecule is CCc1cc(CN(C)Cc2ccccc2OCC(=O)N2CCCCC2)on1. The summed E-state index contributed by atoms with van der Waals surface area (Å²) in [5.41, 5.74) is 2.03. The molecule has 1 aromatic carbocycles. The molecule has 1 amide bonds. The number of amides is 1. The maximum Gasteiger partial charge on any atom is 0.260 e. The number of para-hydroxylation sites is 1. The van der Waals surface area contributed by atoms with E-state index in [2.05, 4.69) is 17.0 Å². The molecule has 0 bridgehead atoms. The Bertz CT molecular complexity index is 738. The maximum absolute atomic E-state index is 12.3. The van der Waals surface area contributed by atoms with Gasteiger partial charge in [0, 0.05) is 31.3 Å². The number of hydrogen-bond donors (Lipinski definition) is 0. The molecule has 3 rings (SSSR count). The molecule has 0 aliphatic carbocycles. The van der Waals surface area contributed by atoms with Gasteiger partial charge < -0.3 is 14.2 Å². The summed E-state index contributed by atoms with van der Waals surface area (Å²) in [6.07, 6.45) is 4.27. The van der Waals surface area contributed by atoms with Crippen LogP contribution in [-0.4, -0.2) is 47.6 Å². The largest absolute Gasteiger partial charge is 0.483 e. The molecule has 0 spiro atoms. The van der Waals surface area contributed by atoms with E-state index in [1.165, 1.54) is 6.42 Å². The summed E-state index contributed by atoms with van der Waals surface area (Å²) in [4.78, 5) is 16.4. The van der Waals surface area contributed by atoms with Gasteiger partial charge >= 0.3 is 0 Å². The fraction of sp³-hybridized carbons (Fsp3) is 0.524. The van der Waals surface area contributed by atoms with Gasteiger partial charge in [0.25, 0.3) is 5.91 Å². The normalized spacial score (nSPS) is 14.6. The van der Waals surface area contributed by atoms with Gasteiger partial charge in [-0.15, -0.1) is 0 Å². The average Bonchev–Trinajstić information content (AvgIpc) is 3.15. The molecule has 1 fully saturated rings. The molecule has 146 valence electrons. The minimum atomic E-state index is 0.0756. The highest BCUT2D eigenvalue weighted by atomic mass is 16.5. The highest BCUT2D eigenvalue weighted by molar-refractivity contribution is 5.77. The van der Waals surface area contributed by atoms with Crippen LogP contribution in [0.1, 0.15) is 43.2 Å². The first kappa shape index (κ1) is 19.4. The lowest BCUT2D eigenvalue weighted by Crippen LogP contribution is -2.38. The van der Waals surface area contributed by atoms with Gasteiger partial charge in [-0.25, -0.2) is 0 Å². The predicted octanol–water partition coefficient (Wildman–Crippen LogP) is 3.26. The lowest BCUT2D eigenvalue weighted by Gasteiger charge is -2.26. The summed E-state index contributed by atoms with van der Waals surface area (Å²) in [6.45, 7) is 5.24. The van der Waals surface area contributed by atoms with Crippen molar-refractivity contribution in [3.8, 4) is 5.75 Å². The zero-order valence-electron chi connectivity index (χ0n) is 16.3. The van der Waals surface area contributed by atoms with E-state index in [1.807, 2.05) is 42.3 Å². The number of hydrogen-bond acceptors (Lipinski definition) is 5. The number of carbonyl (C=O) groups excluding carboxylic acids is 1. The minimum Gasteiger partial charge on any atom is -0.483 e. The van der Waals surface area contributed by atoms with Crippen LogP contribution in [0, 0.1) is 0 Å². The molecule has 27 heavy (non-hydrogen) atoms. The van der Waals surface area contributed by atoms with E-state index in [1.54, 1.807) is 0 Å². The summed E-state index contributed by atoms with van der Waals surface area (Å²) < 4.78 is 11.2. The fourth-order valence-corrected chi connectivity index (χ4v) is 3.36. The monoisotopic (exact) mass is 371 g/mol. The van der Waals surface area contributed by atoms with Gasteiger partial charge in [0.05, 0.1) is 12.2 Å². The van der Waals surface area contributed by atoms with Crippen molar-refractivity contribution >= 4 is 5.91 Å². The minimum absolute atomic E-state index is 0.0756. The van der Waals surface area contributed by atoms with Crippen molar-refractivity contribution in [3.05, 3.63) is 47.3 Å². The molecule has 0 unspecified atom stereocenters. The highest BCUT2D eigenvalue weighted by Gasteiger charge is 2.17. The van der Waals surface area contributed by atoms with Crippen LogP contribution in [0.3, 0.4) is 0 Å². The first-order valence-corrected chi connectivity index (χ1v) is 9.77. The van der Waals surface area contributed by atoms with Gasteiger partial charge in [0.15, 0.2) is 12.4 Å². The van der Waals surface area contributed by atoms with Gasteiger partial charge in [0.1, 0.15) is 5.75 Å². The number of benzene rings is 1. The Kier molecular flexibility index (Phi) is 6.87. The maximum atomic E-state index is 12.3. The van der Waals surface area contributed by atoms with Crippen LogP contribution in [0.2, 0.25) is 0 Å². The van der Waals surface area contributed by atoms with E-state index < -0.39 is 0 Å². The third kappa shape index (κ3) is 5.57. The van der Waals surface area contributed by atoms with Crippen LogP contribution < -0.4 is 4.74 Å². The lowest BCUT2D eigenvalue weighted by molar-refractivity contribution is -0.134. The zero-order valence-corrected chi connectivity index (χ0v) is 16.3. The average molecular weight is 371 g/mol. The van der Waals surface area contributed by atoms with Crippen LogP contribution in [0.5, 0.6) is 5.75 Å². The summed E-state index contributed by atoms with van der Waals surface area (Å²) >= 11 is 0. The number of piperidine rings is 1. The smallest absolute Gasteiger partial charge is 0.260 e. The van der Waals surface area contributed by atoms with E-state index in [4.69, 9.17) is 9.26 Å². The van der Waals surface area contributed by atoms with E-state index >= 15 is 0 Å². The molecule has 1 aliphatic heterocycles. The van der Waals surface area contributed by atoms with Gasteiger partial charge in [0.2, 0.25) is 0 Å². The number of nitrogens with zero attached hydrogens (tertiary/aromatic N) is 3. The zero-order chi connectivity index (χ0) is 19.1. The molecule has 1 saturated heterocycles.